The van der Waals surface area contributed by atoms with Crippen LogP contribution < -0.4 is 10.6 Å². The van der Waals surface area contributed by atoms with Crippen LogP contribution in [0.25, 0.3) is 0 Å². The molecule has 7 heteroatoms. The first kappa shape index (κ1) is 25.2. The fourth-order valence-corrected chi connectivity index (χ4v) is 4.13. The molecule has 162 valence electrons. The third-order valence-corrected chi connectivity index (χ3v) is 5.82. The van der Waals surface area contributed by atoms with E-state index in [4.69, 9.17) is 0 Å². The Balaban J connectivity index is 0.00000392. The number of nitrogens with one attached hydrogen (secondary N) is 2. The summed E-state index contributed by atoms with van der Waals surface area (Å²) in [5.74, 6) is 0.727. The lowest BCUT2D eigenvalue weighted by molar-refractivity contribution is -0.127. The Morgan fingerprint density at radius 3 is 2.25 bits per heavy atom. The van der Waals surface area contributed by atoms with Crippen LogP contribution in [0.4, 0.5) is 0 Å². The van der Waals surface area contributed by atoms with Gasteiger partial charge in [0.05, 0.1) is 0 Å². The Kier molecular flexibility index (Phi) is 11.4. The molecule has 1 heterocycles. The van der Waals surface area contributed by atoms with E-state index in [0.717, 1.165) is 18.1 Å². The molecule has 6 nitrogen and oxygen atoms in total. The highest BCUT2D eigenvalue weighted by molar-refractivity contribution is 14.0. The lowest BCUT2D eigenvalue weighted by atomic mass is 9.79. The molecule has 2 aliphatic rings. The zero-order valence-corrected chi connectivity index (χ0v) is 20.4. The summed E-state index contributed by atoms with van der Waals surface area (Å²) >= 11 is 0. The van der Waals surface area contributed by atoms with Crippen molar-refractivity contribution in [3.05, 3.63) is 12.2 Å². The second kappa shape index (κ2) is 12.7. The SMILES string of the molecule is C=C(C)CNC(=NCC(=O)N(C)C)NCC1(N2CCCCC2)CCCCC1.I. The Morgan fingerprint density at radius 1 is 1.07 bits per heavy atom. The van der Waals surface area contributed by atoms with Crippen LogP contribution in [0.5, 0.6) is 0 Å². The molecule has 1 amide bonds. The van der Waals surface area contributed by atoms with Crippen LogP contribution in [0.15, 0.2) is 17.1 Å². The summed E-state index contributed by atoms with van der Waals surface area (Å²) in [6, 6.07) is 0. The molecule has 28 heavy (non-hydrogen) atoms. The molecule has 0 aromatic carbocycles. The third-order valence-electron chi connectivity index (χ3n) is 5.82. The Labute approximate surface area is 188 Å². The predicted molar refractivity (Wildman–Crippen MR) is 128 cm³/mol. The highest BCUT2D eigenvalue weighted by Crippen LogP contribution is 2.35. The number of likely N-dealkylation sites (N-methyl/N-ethyl adjacent to an activating group) is 1. The van der Waals surface area contributed by atoms with E-state index in [9.17, 15) is 4.79 Å². The molecule has 0 bridgehead atoms. The summed E-state index contributed by atoms with van der Waals surface area (Å²) in [5.41, 5.74) is 1.28. The summed E-state index contributed by atoms with van der Waals surface area (Å²) in [5, 5.41) is 6.89. The van der Waals surface area contributed by atoms with Crippen LogP contribution in [0, 0.1) is 0 Å². The molecule has 0 aromatic rings. The fourth-order valence-electron chi connectivity index (χ4n) is 4.13. The molecule has 2 rings (SSSR count). The first-order valence-corrected chi connectivity index (χ1v) is 10.5. The number of likely N-dealkylation sites (tertiary alicyclic amines) is 1. The quantitative estimate of drug-likeness (QED) is 0.242. The Hall–Kier alpha value is -0.830. The number of aliphatic imine (C=N–C) groups is 1. The van der Waals surface area contributed by atoms with Crippen molar-refractivity contribution in [1.82, 2.24) is 20.4 Å². The number of carbonyl (C=O) groups excluding carboxylic acids is 1. The monoisotopic (exact) mass is 505 g/mol. The number of piperidine rings is 1. The molecule has 0 atom stereocenters. The van der Waals surface area contributed by atoms with Gasteiger partial charge >= 0.3 is 0 Å². The van der Waals surface area contributed by atoms with Gasteiger partial charge in [0, 0.05) is 32.7 Å². The molecule has 1 aliphatic heterocycles. The molecule has 2 N–H and O–H groups in total. The lowest BCUT2D eigenvalue weighted by Crippen LogP contribution is -2.59. The number of rotatable bonds is 7. The van der Waals surface area contributed by atoms with Gasteiger partial charge in [-0.2, -0.15) is 0 Å². The van der Waals surface area contributed by atoms with Crippen molar-refractivity contribution in [2.45, 2.75) is 63.8 Å². The summed E-state index contributed by atoms with van der Waals surface area (Å²) in [4.78, 5) is 20.8. The average Bonchev–Trinajstić information content (AvgIpc) is 2.68. The Morgan fingerprint density at radius 2 is 1.68 bits per heavy atom. The number of nitrogens with zero attached hydrogens (tertiary/aromatic N) is 3. The summed E-state index contributed by atoms with van der Waals surface area (Å²) in [6.07, 6.45) is 10.5. The van der Waals surface area contributed by atoms with Crippen molar-refractivity contribution in [3.63, 3.8) is 0 Å². The summed E-state index contributed by atoms with van der Waals surface area (Å²) in [6.45, 7) is 10.1. The van der Waals surface area contributed by atoms with E-state index < -0.39 is 0 Å². The summed E-state index contributed by atoms with van der Waals surface area (Å²) in [7, 11) is 3.53. The zero-order valence-electron chi connectivity index (χ0n) is 18.1. The molecule has 1 saturated heterocycles. The molecular formula is C21H40IN5O. The van der Waals surface area contributed by atoms with Gasteiger partial charge in [-0.05, 0) is 45.7 Å². The van der Waals surface area contributed by atoms with Crippen molar-refractivity contribution in [3.8, 4) is 0 Å². The van der Waals surface area contributed by atoms with Crippen molar-refractivity contribution >= 4 is 35.8 Å². The van der Waals surface area contributed by atoms with Crippen LogP contribution >= 0.6 is 24.0 Å². The lowest BCUT2D eigenvalue weighted by Gasteiger charge is -2.48. The number of hydrogen-bond acceptors (Lipinski definition) is 3. The van der Waals surface area contributed by atoms with Crippen LogP contribution in [-0.2, 0) is 4.79 Å². The standard InChI is InChI=1S/C21H39N5O.HI/c1-18(2)15-22-20(23-16-19(27)25(3)4)24-17-21(11-7-5-8-12-21)26-13-9-6-10-14-26;/h1,5-17H2,2-4H3,(H2,22,23,24);1H. The predicted octanol–water partition coefficient (Wildman–Crippen LogP) is 2.99. The number of halogens is 1. The molecular weight excluding hydrogens is 465 g/mol. The molecule has 1 saturated carbocycles. The van der Waals surface area contributed by atoms with Gasteiger partial charge in [-0.15, -0.1) is 24.0 Å². The zero-order chi connectivity index (χ0) is 19.7. The maximum atomic E-state index is 11.9. The van der Waals surface area contributed by atoms with Crippen LogP contribution in [-0.4, -0.2) is 74.0 Å². The first-order valence-electron chi connectivity index (χ1n) is 10.5. The highest BCUT2D eigenvalue weighted by Gasteiger charge is 2.38. The van der Waals surface area contributed by atoms with Gasteiger partial charge in [0.2, 0.25) is 5.91 Å². The summed E-state index contributed by atoms with van der Waals surface area (Å²) < 4.78 is 0. The second-order valence-corrected chi connectivity index (χ2v) is 8.45. The van der Waals surface area contributed by atoms with E-state index in [0.29, 0.717) is 6.54 Å². The molecule has 0 spiro atoms. The van der Waals surface area contributed by atoms with Crippen LogP contribution in [0.1, 0.15) is 58.3 Å². The minimum absolute atomic E-state index is 0. The van der Waals surface area contributed by atoms with E-state index in [1.54, 1.807) is 19.0 Å². The maximum Gasteiger partial charge on any atom is 0.243 e. The van der Waals surface area contributed by atoms with E-state index in [-0.39, 0.29) is 42.0 Å². The van der Waals surface area contributed by atoms with E-state index >= 15 is 0 Å². The van der Waals surface area contributed by atoms with Crippen molar-refractivity contribution in [2.24, 2.45) is 4.99 Å². The fraction of sp³-hybridized carbons (Fsp3) is 0.810. The van der Waals surface area contributed by atoms with Crippen molar-refractivity contribution < 1.29 is 4.79 Å². The van der Waals surface area contributed by atoms with Crippen molar-refractivity contribution in [1.29, 1.82) is 0 Å². The second-order valence-electron chi connectivity index (χ2n) is 8.45. The smallest absolute Gasteiger partial charge is 0.243 e. The Bertz CT molecular complexity index is 523. The van der Waals surface area contributed by atoms with E-state index in [1.165, 1.54) is 64.5 Å². The van der Waals surface area contributed by atoms with Gasteiger partial charge in [0.15, 0.2) is 5.96 Å². The van der Waals surface area contributed by atoms with Gasteiger partial charge in [0.25, 0.3) is 0 Å². The third kappa shape index (κ3) is 7.89. The largest absolute Gasteiger partial charge is 0.355 e. The normalized spacial score (nSPS) is 20.0. The van der Waals surface area contributed by atoms with Gasteiger partial charge in [-0.25, -0.2) is 4.99 Å². The van der Waals surface area contributed by atoms with Gasteiger partial charge in [-0.3, -0.25) is 9.69 Å². The first-order chi connectivity index (χ1) is 12.9. The number of amides is 1. The van der Waals surface area contributed by atoms with Crippen LogP contribution in [0.2, 0.25) is 0 Å². The number of carbonyl (C=O) groups is 1. The minimum atomic E-state index is 0. The molecule has 2 fully saturated rings. The van der Waals surface area contributed by atoms with Crippen LogP contribution in [0.3, 0.4) is 0 Å². The number of hydrogen-bond donors (Lipinski definition) is 2. The topological polar surface area (TPSA) is 60.0 Å². The van der Waals surface area contributed by atoms with Crippen molar-refractivity contribution in [2.75, 3.05) is 46.8 Å². The van der Waals surface area contributed by atoms with E-state index in [2.05, 4.69) is 27.1 Å². The van der Waals surface area contributed by atoms with Gasteiger partial charge < -0.3 is 15.5 Å². The van der Waals surface area contributed by atoms with Gasteiger partial charge in [-0.1, -0.05) is 37.8 Å². The number of guanidine groups is 1. The molecule has 1 aliphatic carbocycles. The molecule has 0 radical (unpaired) electrons. The highest BCUT2D eigenvalue weighted by atomic mass is 127. The van der Waals surface area contributed by atoms with Gasteiger partial charge in [0.1, 0.15) is 6.54 Å². The average molecular weight is 505 g/mol. The van der Waals surface area contributed by atoms with E-state index in [1.807, 2.05) is 6.92 Å². The molecule has 0 aromatic heterocycles. The minimum Gasteiger partial charge on any atom is -0.355 e. The maximum absolute atomic E-state index is 11.9. The molecule has 0 unspecified atom stereocenters.